The Labute approximate surface area is 89.1 Å². The summed E-state index contributed by atoms with van der Waals surface area (Å²) in [7, 11) is 0. The van der Waals surface area contributed by atoms with Crippen LogP contribution in [-0.4, -0.2) is 11.1 Å². The Kier molecular flexibility index (Phi) is 3.23. The van der Waals surface area contributed by atoms with Crippen LogP contribution in [0.4, 0.5) is 0 Å². The van der Waals surface area contributed by atoms with Gasteiger partial charge < -0.3 is 10.8 Å². The first-order valence-corrected chi connectivity index (χ1v) is 4.55. The van der Waals surface area contributed by atoms with Crippen LogP contribution in [0.25, 0.3) is 0 Å². The lowest BCUT2D eigenvalue weighted by Gasteiger charge is -2.05. The molecule has 0 heterocycles. The Morgan fingerprint density at radius 3 is 2.71 bits per heavy atom. The van der Waals surface area contributed by atoms with Crippen LogP contribution in [0, 0.1) is 11.3 Å². The topological polar surface area (TPSA) is 87.1 Å². The molecule has 3 N–H and O–H groups in total. The molecule has 4 nitrogen and oxygen atoms in total. The number of hydrogen-bond acceptors (Lipinski definition) is 3. The van der Waals surface area contributed by atoms with Crippen LogP contribution in [0.5, 0.6) is 0 Å². The van der Waals surface area contributed by atoms with E-state index in [0.717, 1.165) is 0 Å². The highest BCUT2D eigenvalue weighted by Gasteiger charge is 2.13. The summed E-state index contributed by atoms with van der Waals surface area (Å²) in [6.07, 6.45) is 0. The number of nitrogens with two attached hydrogens (primary N) is 1. The zero-order chi connectivity index (χ0) is 10.7. The largest absolute Gasteiger partial charge is 0.478 e. The van der Waals surface area contributed by atoms with E-state index in [1.54, 1.807) is 6.07 Å². The maximum absolute atomic E-state index is 10.8. The minimum absolute atomic E-state index is 0.0597. The van der Waals surface area contributed by atoms with Crippen molar-refractivity contribution in [2.45, 2.75) is 6.54 Å². The zero-order valence-corrected chi connectivity index (χ0v) is 8.71. The summed E-state index contributed by atoms with van der Waals surface area (Å²) in [6.45, 7) is 0.191. The Hall–Kier alpha value is -1.38. The third kappa shape index (κ3) is 1.92. The van der Waals surface area contributed by atoms with Gasteiger partial charge in [0.15, 0.2) is 0 Å². The number of halogens is 1. The number of nitriles is 1. The number of aromatic carboxylic acids is 1. The van der Waals surface area contributed by atoms with E-state index < -0.39 is 5.97 Å². The predicted octanol–water partition coefficient (Wildman–Crippen LogP) is 1.48. The third-order valence-electron chi connectivity index (χ3n) is 1.73. The lowest BCUT2D eigenvalue weighted by Crippen LogP contribution is -2.05. The van der Waals surface area contributed by atoms with Crippen molar-refractivity contribution < 1.29 is 9.90 Å². The van der Waals surface area contributed by atoms with Crippen LogP contribution in [0.2, 0.25) is 0 Å². The summed E-state index contributed by atoms with van der Waals surface area (Å²) < 4.78 is 0.437. The van der Waals surface area contributed by atoms with Crippen LogP contribution >= 0.6 is 15.9 Å². The number of carbonyl (C=O) groups is 1. The third-order valence-corrected chi connectivity index (χ3v) is 2.66. The van der Waals surface area contributed by atoms with Crippen molar-refractivity contribution in [1.29, 1.82) is 5.26 Å². The molecular weight excluding hydrogens is 248 g/mol. The van der Waals surface area contributed by atoms with E-state index in [4.69, 9.17) is 16.1 Å². The van der Waals surface area contributed by atoms with Crippen LogP contribution in [0.1, 0.15) is 21.5 Å². The maximum atomic E-state index is 10.8. The van der Waals surface area contributed by atoms with E-state index in [1.807, 2.05) is 6.07 Å². The summed E-state index contributed by atoms with van der Waals surface area (Å²) in [5.74, 6) is -1.08. The van der Waals surface area contributed by atoms with Gasteiger partial charge in [-0.2, -0.15) is 5.26 Å². The average molecular weight is 255 g/mol. The first kappa shape index (κ1) is 10.7. The molecule has 1 aromatic rings. The maximum Gasteiger partial charge on any atom is 0.336 e. The van der Waals surface area contributed by atoms with E-state index in [2.05, 4.69) is 15.9 Å². The number of benzene rings is 1. The van der Waals surface area contributed by atoms with Gasteiger partial charge in [0.2, 0.25) is 0 Å². The van der Waals surface area contributed by atoms with Crippen molar-refractivity contribution in [2.24, 2.45) is 5.73 Å². The molecule has 14 heavy (non-hydrogen) atoms. The second-order valence-electron chi connectivity index (χ2n) is 2.62. The van der Waals surface area contributed by atoms with Crippen LogP contribution in [0.3, 0.4) is 0 Å². The van der Waals surface area contributed by atoms with Crippen molar-refractivity contribution in [3.8, 4) is 6.07 Å². The minimum Gasteiger partial charge on any atom is -0.478 e. The molecule has 0 bridgehead atoms. The standard InChI is InChI=1S/C9H7BrN2O2/c10-8-6(4-12)1-5(3-11)2-7(8)9(13)14/h1-2H,4,12H2,(H,13,14). The van der Waals surface area contributed by atoms with E-state index in [0.29, 0.717) is 15.6 Å². The van der Waals surface area contributed by atoms with Gasteiger partial charge in [0.25, 0.3) is 0 Å². The average Bonchev–Trinajstić information content (AvgIpc) is 2.17. The van der Waals surface area contributed by atoms with Gasteiger partial charge in [0.1, 0.15) is 0 Å². The highest BCUT2D eigenvalue weighted by Crippen LogP contribution is 2.23. The normalized spacial score (nSPS) is 9.50. The van der Waals surface area contributed by atoms with Gasteiger partial charge in [-0.25, -0.2) is 4.79 Å². The van der Waals surface area contributed by atoms with Gasteiger partial charge in [0, 0.05) is 11.0 Å². The van der Waals surface area contributed by atoms with E-state index in [-0.39, 0.29) is 12.1 Å². The fourth-order valence-corrected chi connectivity index (χ4v) is 1.61. The fraction of sp³-hybridized carbons (Fsp3) is 0.111. The Bertz CT molecular complexity index is 424. The molecule has 0 unspecified atom stereocenters. The van der Waals surface area contributed by atoms with Crippen molar-refractivity contribution in [3.05, 3.63) is 33.3 Å². The molecule has 0 spiro atoms. The van der Waals surface area contributed by atoms with Crippen molar-refractivity contribution in [3.63, 3.8) is 0 Å². The molecule has 0 aliphatic rings. The highest BCUT2D eigenvalue weighted by molar-refractivity contribution is 9.10. The smallest absolute Gasteiger partial charge is 0.336 e. The van der Waals surface area contributed by atoms with Crippen LogP contribution in [-0.2, 0) is 6.54 Å². The van der Waals surface area contributed by atoms with Gasteiger partial charge in [-0.3, -0.25) is 0 Å². The molecular formula is C9H7BrN2O2. The summed E-state index contributed by atoms with van der Waals surface area (Å²) in [4.78, 5) is 10.8. The van der Waals surface area contributed by atoms with Crippen molar-refractivity contribution in [2.75, 3.05) is 0 Å². The molecule has 1 aromatic carbocycles. The Morgan fingerprint density at radius 1 is 1.64 bits per heavy atom. The van der Waals surface area contributed by atoms with Crippen molar-refractivity contribution >= 4 is 21.9 Å². The van der Waals surface area contributed by atoms with Gasteiger partial charge in [-0.15, -0.1) is 0 Å². The molecule has 0 saturated heterocycles. The van der Waals surface area contributed by atoms with Gasteiger partial charge in [0.05, 0.1) is 17.2 Å². The van der Waals surface area contributed by atoms with Crippen molar-refractivity contribution in [1.82, 2.24) is 0 Å². The summed E-state index contributed by atoms with van der Waals surface area (Å²) >= 11 is 3.14. The molecule has 72 valence electrons. The lowest BCUT2D eigenvalue weighted by molar-refractivity contribution is 0.0695. The minimum atomic E-state index is -1.08. The lowest BCUT2D eigenvalue weighted by atomic mass is 10.1. The van der Waals surface area contributed by atoms with Gasteiger partial charge in [-0.1, -0.05) is 0 Å². The first-order chi connectivity index (χ1) is 6.60. The zero-order valence-electron chi connectivity index (χ0n) is 7.12. The van der Waals surface area contributed by atoms with E-state index >= 15 is 0 Å². The SMILES string of the molecule is N#Cc1cc(CN)c(Br)c(C(=O)O)c1. The number of hydrogen-bond donors (Lipinski definition) is 2. The molecule has 0 aliphatic heterocycles. The molecule has 0 fully saturated rings. The van der Waals surface area contributed by atoms with Gasteiger partial charge in [-0.05, 0) is 33.6 Å². The first-order valence-electron chi connectivity index (χ1n) is 3.76. The second kappa shape index (κ2) is 4.22. The van der Waals surface area contributed by atoms with E-state index in [1.165, 1.54) is 6.07 Å². The Morgan fingerprint density at radius 2 is 2.29 bits per heavy atom. The van der Waals surface area contributed by atoms with Crippen LogP contribution < -0.4 is 5.73 Å². The number of nitrogens with zero attached hydrogens (tertiary/aromatic N) is 1. The number of carboxylic acid groups (broad SMARTS) is 1. The quantitative estimate of drug-likeness (QED) is 0.837. The predicted molar refractivity (Wildman–Crippen MR) is 53.7 cm³/mol. The molecule has 0 saturated carbocycles. The van der Waals surface area contributed by atoms with E-state index in [9.17, 15) is 4.79 Å². The number of rotatable bonds is 2. The summed E-state index contributed by atoms with van der Waals surface area (Å²) in [5.41, 5.74) is 6.38. The molecule has 5 heteroatoms. The Balaban J connectivity index is 3.44. The molecule has 0 aliphatic carbocycles. The summed E-state index contributed by atoms with van der Waals surface area (Å²) in [6, 6.07) is 4.76. The van der Waals surface area contributed by atoms with Crippen LogP contribution in [0.15, 0.2) is 16.6 Å². The molecule has 0 amide bonds. The summed E-state index contributed by atoms with van der Waals surface area (Å²) in [5, 5.41) is 17.5. The second-order valence-corrected chi connectivity index (χ2v) is 3.41. The monoisotopic (exact) mass is 254 g/mol. The molecule has 0 aromatic heterocycles. The fourth-order valence-electron chi connectivity index (χ4n) is 1.05. The highest BCUT2D eigenvalue weighted by atomic mass is 79.9. The van der Waals surface area contributed by atoms with Gasteiger partial charge >= 0.3 is 5.97 Å². The number of carboxylic acids is 1. The molecule has 1 rings (SSSR count). The molecule has 0 atom stereocenters. The molecule has 0 radical (unpaired) electrons.